The summed E-state index contributed by atoms with van der Waals surface area (Å²) in [7, 11) is 0. The Bertz CT molecular complexity index is 796. The van der Waals surface area contributed by atoms with Crippen LogP contribution < -0.4 is 0 Å². The molecule has 0 fully saturated rings. The normalized spacial score (nSPS) is 11.2. The van der Waals surface area contributed by atoms with E-state index in [2.05, 4.69) is 33.9 Å². The Morgan fingerprint density at radius 1 is 1.25 bits per heavy atom. The zero-order valence-electron chi connectivity index (χ0n) is 10.7. The molecular weight excluding hydrogens is 359 g/mol. The Morgan fingerprint density at radius 3 is 2.75 bits per heavy atom. The molecule has 0 unspecified atom stereocenters. The standard InChI is InChI=1S/C15H11BrCl2N2/c1-9-7-10(5-6-11(9)16)20-13-4-2-3-12(18)15(13)19-14(20)8-17/h2-7H,8H2,1H3. The predicted molar refractivity (Wildman–Crippen MR) is 88.1 cm³/mol. The molecule has 0 saturated heterocycles. The van der Waals surface area contributed by atoms with E-state index in [1.807, 2.05) is 34.9 Å². The topological polar surface area (TPSA) is 17.8 Å². The molecule has 0 saturated carbocycles. The lowest BCUT2D eigenvalue weighted by Gasteiger charge is -2.09. The number of imidazole rings is 1. The van der Waals surface area contributed by atoms with Crippen molar-refractivity contribution in [2.24, 2.45) is 0 Å². The van der Waals surface area contributed by atoms with Gasteiger partial charge in [-0.2, -0.15) is 0 Å². The third-order valence-corrected chi connectivity index (χ3v) is 4.66. The van der Waals surface area contributed by atoms with Crippen molar-refractivity contribution in [1.29, 1.82) is 0 Å². The highest BCUT2D eigenvalue weighted by Gasteiger charge is 2.14. The highest BCUT2D eigenvalue weighted by atomic mass is 79.9. The first kappa shape index (κ1) is 13.9. The number of benzene rings is 2. The fourth-order valence-corrected chi connectivity index (χ4v) is 2.90. The van der Waals surface area contributed by atoms with Gasteiger partial charge in [0.15, 0.2) is 0 Å². The van der Waals surface area contributed by atoms with Gasteiger partial charge in [0.2, 0.25) is 0 Å². The van der Waals surface area contributed by atoms with E-state index in [-0.39, 0.29) is 0 Å². The lowest BCUT2D eigenvalue weighted by Crippen LogP contribution is -1.99. The number of aryl methyl sites for hydroxylation is 1. The third-order valence-electron chi connectivity index (χ3n) is 3.22. The van der Waals surface area contributed by atoms with Crippen LogP contribution in [0.2, 0.25) is 5.02 Å². The van der Waals surface area contributed by atoms with Crippen LogP contribution in [0.1, 0.15) is 11.4 Å². The molecule has 0 aliphatic carbocycles. The quantitative estimate of drug-likeness (QED) is 0.546. The average Bonchev–Trinajstić information content (AvgIpc) is 2.82. The van der Waals surface area contributed by atoms with Crippen molar-refractivity contribution in [3.8, 4) is 5.69 Å². The second-order valence-electron chi connectivity index (χ2n) is 4.54. The molecule has 0 spiro atoms. The zero-order valence-corrected chi connectivity index (χ0v) is 13.8. The van der Waals surface area contributed by atoms with Crippen molar-refractivity contribution in [2.45, 2.75) is 12.8 Å². The molecule has 5 heteroatoms. The number of para-hydroxylation sites is 1. The van der Waals surface area contributed by atoms with Gasteiger partial charge in [0.05, 0.1) is 16.4 Å². The van der Waals surface area contributed by atoms with E-state index in [1.165, 1.54) is 0 Å². The Morgan fingerprint density at radius 2 is 2.05 bits per heavy atom. The molecule has 1 heterocycles. The average molecular weight is 370 g/mol. The maximum absolute atomic E-state index is 6.22. The summed E-state index contributed by atoms with van der Waals surface area (Å²) in [6.45, 7) is 2.06. The van der Waals surface area contributed by atoms with Gasteiger partial charge in [0.1, 0.15) is 11.3 Å². The van der Waals surface area contributed by atoms with E-state index in [0.29, 0.717) is 10.9 Å². The van der Waals surface area contributed by atoms with Crippen molar-refractivity contribution < 1.29 is 0 Å². The highest BCUT2D eigenvalue weighted by Crippen LogP contribution is 2.29. The van der Waals surface area contributed by atoms with Crippen molar-refractivity contribution in [3.05, 3.63) is 57.3 Å². The summed E-state index contributed by atoms with van der Waals surface area (Å²) in [6, 6.07) is 11.9. The van der Waals surface area contributed by atoms with Crippen molar-refractivity contribution in [2.75, 3.05) is 0 Å². The van der Waals surface area contributed by atoms with Crippen LogP contribution in [0.15, 0.2) is 40.9 Å². The van der Waals surface area contributed by atoms with Crippen molar-refractivity contribution in [3.63, 3.8) is 0 Å². The van der Waals surface area contributed by atoms with Gasteiger partial charge in [-0.25, -0.2) is 4.98 Å². The van der Waals surface area contributed by atoms with E-state index in [9.17, 15) is 0 Å². The number of alkyl halides is 1. The minimum Gasteiger partial charge on any atom is -0.295 e. The molecule has 3 aromatic rings. The van der Waals surface area contributed by atoms with Crippen LogP contribution in [0.5, 0.6) is 0 Å². The first-order valence-electron chi connectivity index (χ1n) is 6.10. The number of aromatic nitrogens is 2. The second-order valence-corrected chi connectivity index (χ2v) is 6.07. The van der Waals surface area contributed by atoms with Crippen LogP contribution in [0.25, 0.3) is 16.7 Å². The monoisotopic (exact) mass is 368 g/mol. The zero-order chi connectivity index (χ0) is 14.3. The Balaban J connectivity index is 2.34. The summed E-state index contributed by atoms with van der Waals surface area (Å²) in [4.78, 5) is 4.55. The van der Waals surface area contributed by atoms with Gasteiger partial charge in [-0.15, -0.1) is 11.6 Å². The number of fused-ring (bicyclic) bond motifs is 1. The van der Waals surface area contributed by atoms with Crippen molar-refractivity contribution in [1.82, 2.24) is 9.55 Å². The van der Waals surface area contributed by atoms with Crippen LogP contribution in [-0.4, -0.2) is 9.55 Å². The van der Waals surface area contributed by atoms with Gasteiger partial charge in [-0.05, 0) is 42.8 Å². The minimum absolute atomic E-state index is 0.333. The molecule has 1 aromatic heterocycles. The molecule has 0 N–H and O–H groups in total. The van der Waals surface area contributed by atoms with Crippen LogP contribution in [-0.2, 0) is 5.88 Å². The van der Waals surface area contributed by atoms with Crippen LogP contribution in [0.3, 0.4) is 0 Å². The molecule has 0 radical (unpaired) electrons. The van der Waals surface area contributed by atoms with E-state index in [1.54, 1.807) is 0 Å². The summed E-state index contributed by atoms with van der Waals surface area (Å²) >= 11 is 15.8. The lowest BCUT2D eigenvalue weighted by molar-refractivity contribution is 0.979. The van der Waals surface area contributed by atoms with Crippen LogP contribution in [0, 0.1) is 6.92 Å². The maximum atomic E-state index is 6.22. The molecule has 0 amide bonds. The molecule has 0 aliphatic rings. The summed E-state index contributed by atoms with van der Waals surface area (Å²) in [5.74, 6) is 1.12. The van der Waals surface area contributed by atoms with Gasteiger partial charge < -0.3 is 0 Å². The summed E-state index contributed by atoms with van der Waals surface area (Å²) in [5, 5.41) is 0.640. The first-order valence-corrected chi connectivity index (χ1v) is 7.80. The maximum Gasteiger partial charge on any atom is 0.129 e. The number of halogens is 3. The van der Waals surface area contributed by atoms with E-state index >= 15 is 0 Å². The largest absolute Gasteiger partial charge is 0.295 e. The molecule has 0 bridgehead atoms. The SMILES string of the molecule is Cc1cc(-n2c(CCl)nc3c(Cl)cccc32)ccc1Br. The van der Waals surface area contributed by atoms with Gasteiger partial charge in [0.25, 0.3) is 0 Å². The Hall–Kier alpha value is -1.03. The smallest absolute Gasteiger partial charge is 0.129 e. The Labute approximate surface area is 135 Å². The molecule has 2 aromatic carbocycles. The van der Waals surface area contributed by atoms with Crippen LogP contribution >= 0.6 is 39.1 Å². The van der Waals surface area contributed by atoms with Gasteiger partial charge in [0, 0.05) is 10.2 Å². The van der Waals surface area contributed by atoms with Gasteiger partial charge >= 0.3 is 0 Å². The summed E-state index contributed by atoms with van der Waals surface area (Å²) < 4.78 is 3.13. The highest BCUT2D eigenvalue weighted by molar-refractivity contribution is 9.10. The number of rotatable bonds is 2. The predicted octanol–water partition coefficient (Wildman–Crippen LogP) is 5.49. The summed E-state index contributed by atoms with van der Waals surface area (Å²) in [6.07, 6.45) is 0. The molecule has 3 rings (SSSR count). The fraction of sp³-hybridized carbons (Fsp3) is 0.133. The fourth-order valence-electron chi connectivity index (χ4n) is 2.26. The van der Waals surface area contributed by atoms with E-state index < -0.39 is 0 Å². The molecule has 102 valence electrons. The first-order chi connectivity index (χ1) is 9.61. The third kappa shape index (κ3) is 2.24. The molecular formula is C15H11BrCl2N2. The summed E-state index contributed by atoms with van der Waals surface area (Å²) in [5.41, 5.74) is 3.94. The second kappa shape index (κ2) is 5.40. The number of hydrogen-bond acceptors (Lipinski definition) is 1. The van der Waals surface area contributed by atoms with Crippen LogP contribution in [0.4, 0.5) is 0 Å². The van der Waals surface area contributed by atoms with E-state index in [4.69, 9.17) is 23.2 Å². The lowest BCUT2D eigenvalue weighted by atomic mass is 10.2. The van der Waals surface area contributed by atoms with Crippen molar-refractivity contribution >= 4 is 50.2 Å². The molecule has 0 aliphatic heterocycles. The molecule has 2 nitrogen and oxygen atoms in total. The molecule has 0 atom stereocenters. The number of nitrogens with zero attached hydrogens (tertiary/aromatic N) is 2. The van der Waals surface area contributed by atoms with Gasteiger partial charge in [-0.3, -0.25) is 4.57 Å². The number of hydrogen-bond donors (Lipinski definition) is 0. The minimum atomic E-state index is 0.333. The Kier molecular flexibility index (Phi) is 3.76. The molecule has 20 heavy (non-hydrogen) atoms. The van der Waals surface area contributed by atoms with E-state index in [0.717, 1.165) is 32.6 Å². The van der Waals surface area contributed by atoms with Gasteiger partial charge in [-0.1, -0.05) is 33.6 Å².